The number of aryl methyl sites for hydroxylation is 3. The summed E-state index contributed by atoms with van der Waals surface area (Å²) in [5.74, 6) is 0.272. The summed E-state index contributed by atoms with van der Waals surface area (Å²) in [5.41, 5.74) is 13.8. The lowest BCUT2D eigenvalue weighted by Crippen LogP contribution is -2.39. The highest BCUT2D eigenvalue weighted by atomic mass is 35.5. The third-order valence-corrected chi connectivity index (χ3v) is 9.34. The van der Waals surface area contributed by atoms with E-state index in [4.69, 9.17) is 17.3 Å². The van der Waals surface area contributed by atoms with E-state index in [0.29, 0.717) is 36.2 Å². The van der Waals surface area contributed by atoms with Crippen LogP contribution in [0.5, 0.6) is 0 Å². The van der Waals surface area contributed by atoms with Gasteiger partial charge in [0.15, 0.2) is 5.78 Å². The minimum absolute atomic E-state index is 0.0321. The molecule has 1 aliphatic carbocycles. The van der Waals surface area contributed by atoms with Crippen molar-refractivity contribution in [3.63, 3.8) is 0 Å². The Hall–Kier alpha value is -4.06. The standard InChI is InChI=1S/C32H29ClN4O3S/c1-18-7-4-5-10-29(18)41-17-21-14-23(20(3)13-19(21)2)30-24(16-34)32(35)36(27-8-6-9-28(38)31(27)30)26-12-11-22(37(39)40)15-25(26)33/h4-5,7,10-15,30H,6,8-9,17,35H2,1-3H3. The Morgan fingerprint density at radius 1 is 1.10 bits per heavy atom. The molecule has 0 aromatic heterocycles. The molecule has 1 aliphatic heterocycles. The van der Waals surface area contributed by atoms with Gasteiger partial charge in [-0.2, -0.15) is 5.26 Å². The molecule has 3 aromatic carbocycles. The molecule has 0 amide bonds. The summed E-state index contributed by atoms with van der Waals surface area (Å²) in [6, 6.07) is 18.9. The Labute approximate surface area is 248 Å². The number of nitro groups is 1. The summed E-state index contributed by atoms with van der Waals surface area (Å²) in [7, 11) is 0. The molecular formula is C32H29ClN4O3S. The van der Waals surface area contributed by atoms with Crippen LogP contribution in [-0.4, -0.2) is 10.7 Å². The predicted molar refractivity (Wildman–Crippen MR) is 163 cm³/mol. The number of nitriles is 1. The Balaban J connectivity index is 1.64. The van der Waals surface area contributed by atoms with Crippen molar-refractivity contribution in [2.45, 2.75) is 56.6 Å². The summed E-state index contributed by atoms with van der Waals surface area (Å²) in [5, 5.41) is 21.9. The largest absolute Gasteiger partial charge is 0.384 e. The number of nitrogens with two attached hydrogens (primary N) is 1. The second kappa shape index (κ2) is 11.4. The average Bonchev–Trinajstić information content (AvgIpc) is 2.93. The third-order valence-electron chi connectivity index (χ3n) is 7.81. The maximum Gasteiger partial charge on any atom is 0.271 e. The van der Waals surface area contributed by atoms with Crippen molar-refractivity contribution in [2.24, 2.45) is 5.73 Å². The molecule has 41 heavy (non-hydrogen) atoms. The zero-order valence-corrected chi connectivity index (χ0v) is 24.6. The van der Waals surface area contributed by atoms with Crippen LogP contribution in [0.15, 0.2) is 82.2 Å². The van der Waals surface area contributed by atoms with Gasteiger partial charge in [-0.3, -0.25) is 19.8 Å². The van der Waals surface area contributed by atoms with Crippen LogP contribution in [0.25, 0.3) is 0 Å². The van der Waals surface area contributed by atoms with Crippen molar-refractivity contribution in [1.29, 1.82) is 5.26 Å². The first kappa shape index (κ1) is 28.5. The predicted octanol–water partition coefficient (Wildman–Crippen LogP) is 7.77. The molecule has 0 radical (unpaired) electrons. The smallest absolute Gasteiger partial charge is 0.271 e. The van der Waals surface area contributed by atoms with E-state index < -0.39 is 10.8 Å². The maximum atomic E-state index is 13.6. The topological polar surface area (TPSA) is 113 Å². The van der Waals surface area contributed by atoms with Crippen molar-refractivity contribution < 1.29 is 9.72 Å². The summed E-state index contributed by atoms with van der Waals surface area (Å²) in [4.78, 5) is 27.2. The van der Waals surface area contributed by atoms with E-state index in [2.05, 4.69) is 44.2 Å². The highest BCUT2D eigenvalue weighted by molar-refractivity contribution is 7.98. The number of carbonyl (C=O) groups is 1. The van der Waals surface area contributed by atoms with Gasteiger partial charge in [-0.15, -0.1) is 11.8 Å². The Morgan fingerprint density at radius 3 is 2.54 bits per heavy atom. The Bertz CT molecular complexity index is 1710. The first-order valence-corrected chi connectivity index (χ1v) is 14.7. The number of benzene rings is 3. The van der Waals surface area contributed by atoms with Gasteiger partial charge in [0.1, 0.15) is 5.82 Å². The van der Waals surface area contributed by atoms with E-state index in [1.54, 1.807) is 16.7 Å². The molecule has 2 aliphatic rings. The van der Waals surface area contributed by atoms with E-state index in [1.165, 1.54) is 28.7 Å². The number of allylic oxidation sites excluding steroid dienone is 3. The summed E-state index contributed by atoms with van der Waals surface area (Å²) in [6.45, 7) is 6.17. The van der Waals surface area contributed by atoms with Gasteiger partial charge in [0.05, 0.1) is 33.2 Å². The minimum Gasteiger partial charge on any atom is -0.384 e. The lowest BCUT2D eigenvalue weighted by molar-refractivity contribution is -0.384. The molecule has 2 N–H and O–H groups in total. The van der Waals surface area contributed by atoms with E-state index in [9.17, 15) is 20.2 Å². The molecular weight excluding hydrogens is 556 g/mol. The normalized spacial score (nSPS) is 17.0. The number of nitrogens with zero attached hydrogens (tertiary/aromatic N) is 3. The fraction of sp³-hybridized carbons (Fsp3) is 0.250. The molecule has 0 spiro atoms. The Kier molecular flexibility index (Phi) is 7.94. The van der Waals surface area contributed by atoms with Gasteiger partial charge in [-0.1, -0.05) is 41.9 Å². The molecule has 9 heteroatoms. The van der Waals surface area contributed by atoms with Gasteiger partial charge in [0, 0.05) is 40.5 Å². The van der Waals surface area contributed by atoms with Crippen LogP contribution in [0.2, 0.25) is 5.02 Å². The molecule has 0 saturated heterocycles. The van der Waals surface area contributed by atoms with Crippen LogP contribution < -0.4 is 10.6 Å². The number of ketones is 1. The number of anilines is 1. The van der Waals surface area contributed by atoms with Gasteiger partial charge in [-0.05, 0) is 73.6 Å². The second-order valence-corrected chi connectivity index (χ2v) is 11.8. The van der Waals surface area contributed by atoms with Gasteiger partial charge in [0.2, 0.25) is 0 Å². The number of halogens is 1. The molecule has 3 aromatic rings. The SMILES string of the molecule is Cc1cc(C)c(C2C(C#N)=C(N)N(c3ccc([N+](=O)[O-])cc3Cl)C3=C2C(=O)CCC3)cc1CSc1ccccc1C. The Morgan fingerprint density at radius 2 is 1.85 bits per heavy atom. The zero-order chi connectivity index (χ0) is 29.4. The molecule has 0 fully saturated rings. The van der Waals surface area contributed by atoms with E-state index in [0.717, 1.165) is 28.0 Å². The molecule has 7 nitrogen and oxygen atoms in total. The van der Waals surface area contributed by atoms with Crippen LogP contribution in [-0.2, 0) is 10.5 Å². The second-order valence-electron chi connectivity index (χ2n) is 10.4. The highest BCUT2D eigenvalue weighted by Crippen LogP contribution is 2.48. The van der Waals surface area contributed by atoms with Crippen molar-refractivity contribution in [3.05, 3.63) is 120 Å². The maximum absolute atomic E-state index is 13.6. The summed E-state index contributed by atoms with van der Waals surface area (Å²) in [6.07, 6.45) is 1.56. The fourth-order valence-electron chi connectivity index (χ4n) is 5.72. The number of nitro benzene ring substituents is 1. The van der Waals surface area contributed by atoms with E-state index in [1.807, 2.05) is 19.1 Å². The summed E-state index contributed by atoms with van der Waals surface area (Å²) >= 11 is 8.28. The molecule has 0 saturated carbocycles. The van der Waals surface area contributed by atoms with Gasteiger partial charge in [-0.25, -0.2) is 0 Å². The number of carbonyl (C=O) groups excluding carboxylic acids is 1. The first-order chi connectivity index (χ1) is 19.6. The number of non-ortho nitro benzene ring substituents is 1. The molecule has 5 rings (SSSR count). The molecule has 1 atom stereocenters. The molecule has 1 unspecified atom stereocenters. The first-order valence-electron chi connectivity index (χ1n) is 13.3. The van der Waals surface area contributed by atoms with Gasteiger partial charge in [0.25, 0.3) is 5.69 Å². The zero-order valence-electron chi connectivity index (χ0n) is 23.0. The lowest BCUT2D eigenvalue weighted by atomic mass is 9.74. The van der Waals surface area contributed by atoms with Crippen molar-refractivity contribution in [2.75, 3.05) is 4.90 Å². The van der Waals surface area contributed by atoms with Gasteiger partial charge >= 0.3 is 0 Å². The fourth-order valence-corrected chi connectivity index (χ4v) is 7.07. The van der Waals surface area contributed by atoms with Crippen molar-refractivity contribution >= 4 is 40.5 Å². The molecule has 1 heterocycles. The van der Waals surface area contributed by atoms with Crippen LogP contribution in [0.4, 0.5) is 11.4 Å². The van der Waals surface area contributed by atoms with E-state index in [-0.39, 0.29) is 27.9 Å². The van der Waals surface area contributed by atoms with Crippen LogP contribution >= 0.6 is 23.4 Å². The number of Topliss-reactive ketones (excluding diaryl/α,β-unsaturated/α-hetero) is 1. The van der Waals surface area contributed by atoms with Crippen molar-refractivity contribution in [1.82, 2.24) is 0 Å². The van der Waals surface area contributed by atoms with Crippen LogP contribution in [0.1, 0.15) is 53.0 Å². The minimum atomic E-state index is -0.612. The molecule has 0 bridgehead atoms. The van der Waals surface area contributed by atoms with Crippen molar-refractivity contribution in [3.8, 4) is 6.07 Å². The van der Waals surface area contributed by atoms with Crippen LogP contribution in [0, 0.1) is 42.2 Å². The highest BCUT2D eigenvalue weighted by Gasteiger charge is 2.41. The van der Waals surface area contributed by atoms with E-state index >= 15 is 0 Å². The monoisotopic (exact) mass is 584 g/mol. The average molecular weight is 585 g/mol. The molecule has 208 valence electrons. The lowest BCUT2D eigenvalue weighted by Gasteiger charge is -2.40. The number of hydrogen-bond acceptors (Lipinski definition) is 7. The number of hydrogen-bond donors (Lipinski definition) is 1. The van der Waals surface area contributed by atoms with Crippen LogP contribution in [0.3, 0.4) is 0 Å². The summed E-state index contributed by atoms with van der Waals surface area (Å²) < 4.78 is 0. The van der Waals surface area contributed by atoms with Gasteiger partial charge < -0.3 is 5.73 Å². The quantitative estimate of drug-likeness (QED) is 0.179. The number of rotatable bonds is 6. The number of thioether (sulfide) groups is 1. The third kappa shape index (κ3) is 5.23.